The molecule has 7 heteroatoms. The van der Waals surface area contributed by atoms with E-state index in [-0.39, 0.29) is 18.9 Å². The Morgan fingerprint density at radius 2 is 1.83 bits per heavy atom. The average molecular weight is 258 g/mol. The Morgan fingerprint density at radius 1 is 1.28 bits per heavy atom. The number of hydrogen-bond donors (Lipinski definition) is 3. The van der Waals surface area contributed by atoms with Gasteiger partial charge in [0.2, 0.25) is 5.91 Å². The predicted octanol–water partition coefficient (Wildman–Crippen LogP) is -0.785. The van der Waals surface area contributed by atoms with Gasteiger partial charge in [-0.05, 0) is 13.0 Å². The molecule has 7 nitrogen and oxygen atoms in total. The molecule has 0 spiro atoms. The van der Waals surface area contributed by atoms with Crippen LogP contribution >= 0.6 is 0 Å². The molecule has 1 heterocycles. The number of carboxylic acids is 2. The number of piperidine rings is 1. The first-order valence-electron chi connectivity index (χ1n) is 5.80. The topological polar surface area (TPSA) is 121 Å². The van der Waals surface area contributed by atoms with Gasteiger partial charge in [-0.3, -0.25) is 14.4 Å². The van der Waals surface area contributed by atoms with Gasteiger partial charge in [0.1, 0.15) is 0 Å². The fourth-order valence-electron chi connectivity index (χ4n) is 2.21. The second kappa shape index (κ2) is 5.81. The van der Waals surface area contributed by atoms with Crippen LogP contribution in [-0.4, -0.2) is 52.6 Å². The van der Waals surface area contributed by atoms with E-state index in [2.05, 4.69) is 0 Å². The van der Waals surface area contributed by atoms with Gasteiger partial charge >= 0.3 is 11.9 Å². The lowest BCUT2D eigenvalue weighted by Crippen LogP contribution is -2.48. The summed E-state index contributed by atoms with van der Waals surface area (Å²) in [4.78, 5) is 34.7. The zero-order valence-corrected chi connectivity index (χ0v) is 10.2. The number of hydrogen-bond acceptors (Lipinski definition) is 4. The molecule has 0 bridgehead atoms. The van der Waals surface area contributed by atoms with Crippen molar-refractivity contribution >= 4 is 17.8 Å². The molecular weight excluding hydrogens is 240 g/mol. The molecule has 1 rings (SSSR count). The molecule has 4 N–H and O–H groups in total. The van der Waals surface area contributed by atoms with Gasteiger partial charge in [-0.15, -0.1) is 0 Å². The number of amides is 1. The molecule has 0 aromatic rings. The highest BCUT2D eigenvalue weighted by molar-refractivity contribution is 5.80. The number of aliphatic carboxylic acids is 2. The van der Waals surface area contributed by atoms with Crippen LogP contribution in [0.2, 0.25) is 0 Å². The summed E-state index contributed by atoms with van der Waals surface area (Å²) in [5, 5.41) is 18.0. The van der Waals surface area contributed by atoms with Crippen molar-refractivity contribution < 1.29 is 24.6 Å². The third-order valence-corrected chi connectivity index (χ3v) is 3.35. The Kier molecular flexibility index (Phi) is 4.66. The van der Waals surface area contributed by atoms with Crippen molar-refractivity contribution in [3.63, 3.8) is 0 Å². The molecule has 102 valence electrons. The summed E-state index contributed by atoms with van der Waals surface area (Å²) in [5.74, 6) is -4.80. The highest BCUT2D eigenvalue weighted by atomic mass is 16.4. The Labute approximate surface area is 105 Å². The summed E-state index contributed by atoms with van der Waals surface area (Å²) < 4.78 is 0. The largest absolute Gasteiger partial charge is 0.481 e. The van der Waals surface area contributed by atoms with Gasteiger partial charge in [0.15, 0.2) is 0 Å². The fraction of sp³-hybridized carbons (Fsp3) is 0.727. The molecule has 0 aromatic carbocycles. The lowest BCUT2D eigenvalue weighted by Gasteiger charge is -2.35. The number of rotatable bonds is 5. The molecule has 0 radical (unpaired) electrons. The first-order chi connectivity index (χ1) is 8.32. The Morgan fingerprint density at radius 3 is 2.28 bits per heavy atom. The number of likely N-dealkylation sites (tertiary alicyclic amines) is 1. The third-order valence-electron chi connectivity index (χ3n) is 3.35. The van der Waals surface area contributed by atoms with Crippen molar-refractivity contribution in [3.05, 3.63) is 0 Å². The van der Waals surface area contributed by atoms with Gasteiger partial charge in [0, 0.05) is 19.0 Å². The molecule has 1 saturated heterocycles. The van der Waals surface area contributed by atoms with Crippen molar-refractivity contribution in [3.8, 4) is 0 Å². The molecule has 1 fully saturated rings. The maximum absolute atomic E-state index is 11.1. The Hall–Kier alpha value is -1.63. The summed E-state index contributed by atoms with van der Waals surface area (Å²) in [6.45, 7) is 2.65. The Balaban J connectivity index is 2.66. The molecule has 18 heavy (non-hydrogen) atoms. The van der Waals surface area contributed by atoms with E-state index in [0.29, 0.717) is 13.1 Å². The van der Waals surface area contributed by atoms with E-state index in [0.717, 1.165) is 0 Å². The van der Waals surface area contributed by atoms with E-state index in [1.54, 1.807) is 11.8 Å². The number of carbonyl (C=O) groups excluding carboxylic acids is 1. The van der Waals surface area contributed by atoms with E-state index in [9.17, 15) is 14.4 Å². The molecule has 1 aliphatic heterocycles. The lowest BCUT2D eigenvalue weighted by molar-refractivity contribution is -0.157. The maximum atomic E-state index is 11.1. The maximum Gasteiger partial charge on any atom is 0.308 e. The average Bonchev–Trinajstić information content (AvgIpc) is 2.28. The van der Waals surface area contributed by atoms with Crippen LogP contribution in [0.25, 0.3) is 0 Å². The van der Waals surface area contributed by atoms with E-state index in [4.69, 9.17) is 15.9 Å². The SMILES string of the molecule is CC(CN1CCC(C(=O)O)C(C(=O)O)C1)C(N)=O. The fourth-order valence-corrected chi connectivity index (χ4v) is 2.21. The highest BCUT2D eigenvalue weighted by Crippen LogP contribution is 2.24. The van der Waals surface area contributed by atoms with Gasteiger partial charge in [0.25, 0.3) is 0 Å². The van der Waals surface area contributed by atoms with Crippen molar-refractivity contribution in [1.82, 2.24) is 4.90 Å². The van der Waals surface area contributed by atoms with Crippen LogP contribution in [0.4, 0.5) is 0 Å². The van der Waals surface area contributed by atoms with E-state index in [1.165, 1.54) is 0 Å². The molecule has 1 amide bonds. The Bertz CT molecular complexity index is 357. The molecule has 0 saturated carbocycles. The molecule has 0 aliphatic carbocycles. The van der Waals surface area contributed by atoms with Gasteiger partial charge in [-0.1, -0.05) is 6.92 Å². The van der Waals surface area contributed by atoms with E-state index < -0.39 is 29.7 Å². The normalized spacial score (nSPS) is 26.5. The number of primary amides is 1. The zero-order chi connectivity index (χ0) is 13.9. The van der Waals surface area contributed by atoms with Gasteiger partial charge in [-0.25, -0.2) is 0 Å². The van der Waals surface area contributed by atoms with Gasteiger partial charge < -0.3 is 20.8 Å². The first kappa shape index (κ1) is 14.4. The van der Waals surface area contributed by atoms with Crippen molar-refractivity contribution in [1.29, 1.82) is 0 Å². The summed E-state index contributed by atoms with van der Waals surface area (Å²) in [6.07, 6.45) is 0.276. The minimum atomic E-state index is -1.11. The zero-order valence-electron chi connectivity index (χ0n) is 10.2. The van der Waals surface area contributed by atoms with Gasteiger partial charge in [0.05, 0.1) is 11.8 Å². The second-order valence-electron chi connectivity index (χ2n) is 4.74. The van der Waals surface area contributed by atoms with Crippen LogP contribution < -0.4 is 5.73 Å². The summed E-state index contributed by atoms with van der Waals surface area (Å²) in [7, 11) is 0. The van der Waals surface area contributed by atoms with Crippen molar-refractivity contribution in [2.75, 3.05) is 19.6 Å². The van der Waals surface area contributed by atoms with Crippen LogP contribution in [-0.2, 0) is 14.4 Å². The molecule has 1 aliphatic rings. The summed E-state index contributed by atoms with van der Waals surface area (Å²) >= 11 is 0. The van der Waals surface area contributed by atoms with Crippen LogP contribution in [0.3, 0.4) is 0 Å². The van der Waals surface area contributed by atoms with Crippen molar-refractivity contribution in [2.45, 2.75) is 13.3 Å². The number of carbonyl (C=O) groups is 3. The second-order valence-corrected chi connectivity index (χ2v) is 4.74. The minimum Gasteiger partial charge on any atom is -0.481 e. The molecule has 3 unspecified atom stereocenters. The van der Waals surface area contributed by atoms with E-state index >= 15 is 0 Å². The van der Waals surface area contributed by atoms with Crippen LogP contribution in [0.1, 0.15) is 13.3 Å². The minimum absolute atomic E-state index is 0.143. The summed E-state index contributed by atoms with van der Waals surface area (Å²) in [5.41, 5.74) is 5.15. The number of nitrogens with two attached hydrogens (primary N) is 1. The predicted molar refractivity (Wildman–Crippen MR) is 61.7 cm³/mol. The summed E-state index contributed by atoms with van der Waals surface area (Å²) in [6, 6.07) is 0. The lowest BCUT2D eigenvalue weighted by atomic mass is 9.85. The molecule has 3 atom stereocenters. The van der Waals surface area contributed by atoms with Gasteiger partial charge in [-0.2, -0.15) is 0 Å². The smallest absolute Gasteiger partial charge is 0.308 e. The van der Waals surface area contributed by atoms with Crippen LogP contribution in [0, 0.1) is 17.8 Å². The number of nitrogens with zero attached hydrogens (tertiary/aromatic N) is 1. The highest BCUT2D eigenvalue weighted by Gasteiger charge is 2.39. The van der Waals surface area contributed by atoms with Crippen LogP contribution in [0.15, 0.2) is 0 Å². The van der Waals surface area contributed by atoms with Crippen LogP contribution in [0.5, 0.6) is 0 Å². The van der Waals surface area contributed by atoms with E-state index in [1.807, 2.05) is 0 Å². The number of carboxylic acid groups (broad SMARTS) is 2. The molecular formula is C11H18N2O5. The van der Waals surface area contributed by atoms with Crippen molar-refractivity contribution in [2.24, 2.45) is 23.5 Å². The quantitative estimate of drug-likeness (QED) is 0.594. The monoisotopic (exact) mass is 258 g/mol. The molecule has 0 aromatic heterocycles. The standard InChI is InChI=1S/C11H18N2O5/c1-6(9(12)14)4-13-3-2-7(10(15)16)8(5-13)11(17)18/h6-8H,2-5H2,1H3,(H2,12,14)(H,15,16)(H,17,18). The third kappa shape index (κ3) is 3.43. The first-order valence-corrected chi connectivity index (χ1v) is 5.80.